The molecule has 0 spiro atoms. The monoisotopic (exact) mass is 433 g/mol. The Morgan fingerprint density at radius 2 is 1.47 bits per heavy atom. The molecule has 0 aliphatic carbocycles. The molecule has 0 atom stereocenters. The fourth-order valence-electron chi connectivity index (χ4n) is 3.19. The van der Waals surface area contributed by atoms with Gasteiger partial charge < -0.3 is 14.2 Å². The zero-order valence-electron chi connectivity index (χ0n) is 17.1. The summed E-state index contributed by atoms with van der Waals surface area (Å²) >= 11 is 0. The van der Waals surface area contributed by atoms with Gasteiger partial charge in [-0.15, -0.1) is 0 Å². The number of piperidine rings is 1. The zero-order chi connectivity index (χ0) is 21.4. The van der Waals surface area contributed by atoms with Crippen molar-refractivity contribution >= 4 is 16.0 Å². The van der Waals surface area contributed by atoms with Crippen molar-refractivity contribution in [3.05, 3.63) is 54.1 Å². The Morgan fingerprint density at radius 3 is 2.07 bits per heavy atom. The third-order valence-corrected chi connectivity index (χ3v) is 6.68. The number of rotatable bonds is 9. The lowest BCUT2D eigenvalue weighted by molar-refractivity contribution is 0.0450. The van der Waals surface area contributed by atoms with Gasteiger partial charge in [0.25, 0.3) is 0 Å². The van der Waals surface area contributed by atoms with Gasteiger partial charge in [-0.05, 0) is 68.3 Å². The molecule has 2 aromatic rings. The van der Waals surface area contributed by atoms with E-state index in [1.165, 1.54) is 28.6 Å². The summed E-state index contributed by atoms with van der Waals surface area (Å²) in [6.07, 6.45) is 2.81. The van der Waals surface area contributed by atoms with Crippen molar-refractivity contribution in [3.63, 3.8) is 0 Å². The highest BCUT2D eigenvalue weighted by Gasteiger charge is 2.26. The van der Waals surface area contributed by atoms with Crippen molar-refractivity contribution < 1.29 is 27.4 Å². The molecule has 0 N–H and O–H groups in total. The number of hydrogen-bond acceptors (Lipinski definition) is 6. The highest BCUT2D eigenvalue weighted by molar-refractivity contribution is 7.89. The Morgan fingerprint density at radius 1 is 0.867 bits per heavy atom. The van der Waals surface area contributed by atoms with E-state index in [0.29, 0.717) is 31.0 Å². The van der Waals surface area contributed by atoms with Crippen LogP contribution >= 0.6 is 0 Å². The second kappa shape index (κ2) is 10.4. The Bertz CT molecular complexity index is 919. The molecule has 2 aromatic carbocycles. The highest BCUT2D eigenvalue weighted by Crippen LogP contribution is 2.21. The number of carbonyl (C=O) groups is 1. The van der Waals surface area contributed by atoms with Crippen LogP contribution in [0.4, 0.5) is 0 Å². The van der Waals surface area contributed by atoms with E-state index in [2.05, 4.69) is 0 Å². The number of ether oxygens (including phenoxy) is 3. The largest absolute Gasteiger partial charge is 0.494 e. The second-order valence-electron chi connectivity index (χ2n) is 6.88. The van der Waals surface area contributed by atoms with Gasteiger partial charge in [0.05, 0.1) is 17.1 Å². The van der Waals surface area contributed by atoms with Crippen LogP contribution in [-0.4, -0.2) is 51.6 Å². The normalized spacial score (nSPS) is 14.8. The van der Waals surface area contributed by atoms with Crippen molar-refractivity contribution in [2.75, 3.05) is 32.9 Å². The molecule has 30 heavy (non-hydrogen) atoms. The lowest BCUT2D eigenvalue weighted by Crippen LogP contribution is -2.35. The summed E-state index contributed by atoms with van der Waals surface area (Å²) in [4.78, 5) is 12.4. The molecule has 0 bridgehead atoms. The number of benzene rings is 2. The minimum absolute atomic E-state index is 0.0832. The average molecular weight is 434 g/mol. The third-order valence-electron chi connectivity index (χ3n) is 4.76. The molecule has 3 rings (SSSR count). The van der Waals surface area contributed by atoms with E-state index < -0.39 is 16.0 Å². The van der Waals surface area contributed by atoms with Crippen molar-refractivity contribution in [1.29, 1.82) is 0 Å². The van der Waals surface area contributed by atoms with E-state index in [9.17, 15) is 13.2 Å². The van der Waals surface area contributed by atoms with Crippen LogP contribution in [0.15, 0.2) is 53.4 Å². The number of sulfonamides is 1. The fraction of sp³-hybridized carbons (Fsp3) is 0.409. The SMILES string of the molecule is CCOc1ccc(OCCOC(=O)c2ccc(S(=O)(=O)N3CCCCC3)cc2)cc1. The lowest BCUT2D eigenvalue weighted by atomic mass is 10.2. The molecule has 0 amide bonds. The van der Waals surface area contributed by atoms with Gasteiger partial charge in [-0.25, -0.2) is 13.2 Å². The quantitative estimate of drug-likeness (QED) is 0.445. The number of nitrogens with zero attached hydrogens (tertiary/aromatic N) is 1. The Kier molecular flexibility index (Phi) is 7.70. The van der Waals surface area contributed by atoms with Crippen molar-refractivity contribution in [2.24, 2.45) is 0 Å². The van der Waals surface area contributed by atoms with E-state index in [0.717, 1.165) is 25.0 Å². The topological polar surface area (TPSA) is 82.1 Å². The molecule has 1 heterocycles. The molecule has 0 aromatic heterocycles. The summed E-state index contributed by atoms with van der Waals surface area (Å²) in [7, 11) is -3.51. The lowest BCUT2D eigenvalue weighted by Gasteiger charge is -2.25. The van der Waals surface area contributed by atoms with Crippen LogP contribution in [0.2, 0.25) is 0 Å². The summed E-state index contributed by atoms with van der Waals surface area (Å²) in [6.45, 7) is 3.89. The van der Waals surface area contributed by atoms with Gasteiger partial charge >= 0.3 is 5.97 Å². The number of carbonyl (C=O) groups excluding carboxylic acids is 1. The van der Waals surface area contributed by atoms with Crippen LogP contribution in [0.3, 0.4) is 0 Å². The summed E-state index contributed by atoms with van der Waals surface area (Å²) in [5, 5.41) is 0. The highest BCUT2D eigenvalue weighted by atomic mass is 32.2. The second-order valence-corrected chi connectivity index (χ2v) is 8.82. The first-order chi connectivity index (χ1) is 14.5. The van der Waals surface area contributed by atoms with Crippen LogP contribution in [-0.2, 0) is 14.8 Å². The summed E-state index contributed by atoms with van der Waals surface area (Å²) < 4.78 is 42.9. The first-order valence-corrected chi connectivity index (χ1v) is 11.6. The van der Waals surface area contributed by atoms with Gasteiger partial charge in [0, 0.05) is 13.1 Å². The standard InChI is InChI=1S/C22H27NO6S/c1-2-27-19-8-10-20(11-9-19)28-16-17-29-22(24)18-6-12-21(13-7-18)30(25,26)23-14-4-3-5-15-23/h6-13H,2-5,14-17H2,1H3. The summed E-state index contributed by atoms with van der Waals surface area (Å²) in [5.41, 5.74) is 0.300. The van der Waals surface area contributed by atoms with Crippen LogP contribution in [0.1, 0.15) is 36.5 Å². The molecule has 0 radical (unpaired) electrons. The van der Waals surface area contributed by atoms with E-state index in [1.54, 1.807) is 12.1 Å². The van der Waals surface area contributed by atoms with E-state index in [1.807, 2.05) is 19.1 Å². The summed E-state index contributed by atoms with van der Waals surface area (Å²) in [6, 6.07) is 13.1. The van der Waals surface area contributed by atoms with Crippen LogP contribution in [0, 0.1) is 0 Å². The zero-order valence-corrected chi connectivity index (χ0v) is 17.9. The first kappa shape index (κ1) is 22.1. The van der Waals surface area contributed by atoms with Gasteiger partial charge in [0.1, 0.15) is 24.7 Å². The molecule has 0 unspecified atom stereocenters. The molecule has 162 valence electrons. The van der Waals surface area contributed by atoms with Crippen molar-refractivity contribution in [3.8, 4) is 11.5 Å². The predicted octanol–water partition coefficient (Wildman–Crippen LogP) is 3.50. The maximum absolute atomic E-state index is 12.7. The number of esters is 1. The summed E-state index contributed by atoms with van der Waals surface area (Å²) in [5.74, 6) is 0.899. The first-order valence-electron chi connectivity index (χ1n) is 10.1. The maximum atomic E-state index is 12.7. The molecule has 1 aliphatic heterocycles. The molecular weight excluding hydrogens is 406 g/mol. The van der Waals surface area contributed by atoms with Gasteiger partial charge in [-0.1, -0.05) is 6.42 Å². The fourth-order valence-corrected chi connectivity index (χ4v) is 4.71. The average Bonchev–Trinajstić information content (AvgIpc) is 2.78. The molecule has 0 saturated carbocycles. The number of hydrogen-bond donors (Lipinski definition) is 0. The Balaban J connectivity index is 1.47. The van der Waals surface area contributed by atoms with Crippen LogP contribution in [0.25, 0.3) is 0 Å². The molecule has 1 aliphatic rings. The molecular formula is C22H27NO6S. The minimum atomic E-state index is -3.51. The van der Waals surface area contributed by atoms with Gasteiger partial charge in [0.15, 0.2) is 0 Å². The van der Waals surface area contributed by atoms with Gasteiger partial charge in [-0.3, -0.25) is 0 Å². The minimum Gasteiger partial charge on any atom is -0.494 e. The van der Waals surface area contributed by atoms with E-state index in [4.69, 9.17) is 14.2 Å². The third kappa shape index (κ3) is 5.73. The molecule has 1 saturated heterocycles. The van der Waals surface area contributed by atoms with Crippen LogP contribution < -0.4 is 9.47 Å². The van der Waals surface area contributed by atoms with Crippen molar-refractivity contribution in [2.45, 2.75) is 31.1 Å². The predicted molar refractivity (Wildman–Crippen MR) is 112 cm³/mol. The van der Waals surface area contributed by atoms with E-state index in [-0.39, 0.29) is 18.1 Å². The Labute approximate surface area is 177 Å². The van der Waals surface area contributed by atoms with Gasteiger partial charge in [-0.2, -0.15) is 4.31 Å². The van der Waals surface area contributed by atoms with Gasteiger partial charge in [0.2, 0.25) is 10.0 Å². The molecule has 7 nitrogen and oxygen atoms in total. The molecule has 8 heteroatoms. The smallest absolute Gasteiger partial charge is 0.338 e. The van der Waals surface area contributed by atoms with Crippen LogP contribution in [0.5, 0.6) is 11.5 Å². The Hall–Kier alpha value is -2.58. The maximum Gasteiger partial charge on any atom is 0.338 e. The van der Waals surface area contributed by atoms with Crippen molar-refractivity contribution in [1.82, 2.24) is 4.31 Å². The molecule has 1 fully saturated rings. The van der Waals surface area contributed by atoms with E-state index >= 15 is 0 Å².